The van der Waals surface area contributed by atoms with E-state index in [1.165, 1.54) is 14.2 Å². The zero-order valence-corrected chi connectivity index (χ0v) is 12.7. The molecule has 1 unspecified atom stereocenters. The maximum absolute atomic E-state index is 12.8. The van der Waals surface area contributed by atoms with Crippen LogP contribution in [0.15, 0.2) is 12.1 Å². The van der Waals surface area contributed by atoms with E-state index < -0.39 is 0 Å². The largest absolute Gasteiger partial charge is 0.496 e. The molecule has 1 atom stereocenters. The summed E-state index contributed by atoms with van der Waals surface area (Å²) in [6, 6.07) is 3.42. The third kappa shape index (κ3) is 2.90. The Morgan fingerprint density at radius 3 is 2.38 bits per heavy atom. The standard InChI is InChI=1S/C15H22N2O4/c1-19-12-8-14(21-3)13(20-2)7-11(12)15(18)17-6-4-5-10(17)9-16/h7-8,10H,4-6,9,16H2,1-3H3. The summed E-state index contributed by atoms with van der Waals surface area (Å²) >= 11 is 0. The van der Waals surface area contributed by atoms with Crippen LogP contribution in [0.4, 0.5) is 0 Å². The summed E-state index contributed by atoms with van der Waals surface area (Å²) in [4.78, 5) is 14.6. The predicted octanol–water partition coefficient (Wildman–Crippen LogP) is 1.28. The number of ether oxygens (including phenoxy) is 3. The fourth-order valence-corrected chi connectivity index (χ4v) is 2.70. The molecule has 2 N–H and O–H groups in total. The zero-order chi connectivity index (χ0) is 15.4. The van der Waals surface area contributed by atoms with Crippen LogP contribution in [0.2, 0.25) is 0 Å². The average Bonchev–Trinajstić information content (AvgIpc) is 3.01. The van der Waals surface area contributed by atoms with Crippen molar-refractivity contribution in [2.24, 2.45) is 5.73 Å². The van der Waals surface area contributed by atoms with Gasteiger partial charge in [0.1, 0.15) is 5.75 Å². The van der Waals surface area contributed by atoms with Crippen LogP contribution >= 0.6 is 0 Å². The molecular formula is C15H22N2O4. The first-order chi connectivity index (χ1) is 10.2. The van der Waals surface area contributed by atoms with Gasteiger partial charge in [0, 0.05) is 31.3 Å². The van der Waals surface area contributed by atoms with Crippen molar-refractivity contribution in [1.82, 2.24) is 4.90 Å². The minimum Gasteiger partial charge on any atom is -0.496 e. The van der Waals surface area contributed by atoms with Gasteiger partial charge < -0.3 is 24.8 Å². The number of benzene rings is 1. The van der Waals surface area contributed by atoms with Crippen molar-refractivity contribution in [3.8, 4) is 17.2 Å². The van der Waals surface area contributed by atoms with Crippen LogP contribution in [0.3, 0.4) is 0 Å². The smallest absolute Gasteiger partial charge is 0.258 e. The van der Waals surface area contributed by atoms with Crippen LogP contribution in [0.5, 0.6) is 17.2 Å². The molecule has 116 valence electrons. The van der Waals surface area contributed by atoms with E-state index in [0.717, 1.165) is 19.4 Å². The van der Waals surface area contributed by atoms with E-state index in [1.807, 2.05) is 4.90 Å². The highest BCUT2D eigenvalue weighted by Gasteiger charge is 2.30. The van der Waals surface area contributed by atoms with E-state index in [9.17, 15) is 4.79 Å². The Hall–Kier alpha value is -1.95. The van der Waals surface area contributed by atoms with Gasteiger partial charge in [-0.05, 0) is 12.8 Å². The van der Waals surface area contributed by atoms with Gasteiger partial charge in [-0.25, -0.2) is 0 Å². The van der Waals surface area contributed by atoms with Crippen LogP contribution in [-0.2, 0) is 0 Å². The number of hydrogen-bond acceptors (Lipinski definition) is 5. The Bertz CT molecular complexity index is 519. The molecule has 0 aliphatic carbocycles. The van der Waals surface area contributed by atoms with Gasteiger partial charge >= 0.3 is 0 Å². The van der Waals surface area contributed by atoms with Gasteiger partial charge in [-0.1, -0.05) is 0 Å². The highest BCUT2D eigenvalue weighted by Crippen LogP contribution is 2.36. The molecule has 0 saturated carbocycles. The highest BCUT2D eigenvalue weighted by atomic mass is 16.5. The number of methoxy groups -OCH3 is 3. The lowest BCUT2D eigenvalue weighted by molar-refractivity contribution is 0.0737. The zero-order valence-electron chi connectivity index (χ0n) is 12.7. The molecule has 1 aliphatic heterocycles. The van der Waals surface area contributed by atoms with Crippen molar-refractivity contribution in [2.75, 3.05) is 34.4 Å². The van der Waals surface area contributed by atoms with Crippen LogP contribution < -0.4 is 19.9 Å². The fourth-order valence-electron chi connectivity index (χ4n) is 2.70. The predicted molar refractivity (Wildman–Crippen MR) is 79.2 cm³/mol. The first kappa shape index (κ1) is 15.4. The third-order valence-electron chi connectivity index (χ3n) is 3.85. The summed E-state index contributed by atoms with van der Waals surface area (Å²) in [5.74, 6) is 1.42. The van der Waals surface area contributed by atoms with Gasteiger partial charge in [-0.3, -0.25) is 4.79 Å². The number of nitrogens with zero attached hydrogens (tertiary/aromatic N) is 1. The van der Waals surface area contributed by atoms with Gasteiger partial charge in [-0.15, -0.1) is 0 Å². The lowest BCUT2D eigenvalue weighted by Gasteiger charge is -2.24. The Labute approximate surface area is 124 Å². The van der Waals surface area contributed by atoms with Crippen molar-refractivity contribution >= 4 is 5.91 Å². The quantitative estimate of drug-likeness (QED) is 0.885. The molecule has 6 heteroatoms. The number of likely N-dealkylation sites (tertiary alicyclic amines) is 1. The summed E-state index contributed by atoms with van der Waals surface area (Å²) < 4.78 is 15.8. The molecule has 0 spiro atoms. The summed E-state index contributed by atoms with van der Waals surface area (Å²) in [5.41, 5.74) is 6.21. The maximum Gasteiger partial charge on any atom is 0.258 e. The van der Waals surface area contributed by atoms with Crippen LogP contribution in [0.25, 0.3) is 0 Å². The van der Waals surface area contributed by atoms with Crippen molar-refractivity contribution in [1.29, 1.82) is 0 Å². The lowest BCUT2D eigenvalue weighted by atomic mass is 10.1. The maximum atomic E-state index is 12.8. The number of hydrogen-bond donors (Lipinski definition) is 1. The second-order valence-corrected chi connectivity index (χ2v) is 4.94. The minimum atomic E-state index is -0.0826. The molecule has 0 bridgehead atoms. The van der Waals surface area contributed by atoms with E-state index in [0.29, 0.717) is 29.4 Å². The first-order valence-electron chi connectivity index (χ1n) is 6.97. The minimum absolute atomic E-state index is 0.0826. The topological polar surface area (TPSA) is 74.0 Å². The molecule has 1 aromatic rings. The van der Waals surface area contributed by atoms with Gasteiger partial charge in [-0.2, -0.15) is 0 Å². The monoisotopic (exact) mass is 294 g/mol. The number of carbonyl (C=O) groups excluding carboxylic acids is 1. The second-order valence-electron chi connectivity index (χ2n) is 4.94. The summed E-state index contributed by atoms with van der Waals surface area (Å²) in [6.07, 6.45) is 1.92. The molecule has 6 nitrogen and oxygen atoms in total. The van der Waals surface area contributed by atoms with E-state index >= 15 is 0 Å². The molecule has 2 rings (SSSR count). The van der Waals surface area contributed by atoms with Crippen LogP contribution in [0, 0.1) is 0 Å². The van der Waals surface area contributed by atoms with Crippen molar-refractivity contribution < 1.29 is 19.0 Å². The number of rotatable bonds is 5. The first-order valence-corrected chi connectivity index (χ1v) is 6.97. The van der Waals surface area contributed by atoms with E-state index in [-0.39, 0.29) is 11.9 Å². The van der Waals surface area contributed by atoms with Crippen LogP contribution in [0.1, 0.15) is 23.2 Å². The Balaban J connectivity index is 2.39. The van der Waals surface area contributed by atoms with Crippen LogP contribution in [-0.4, -0.2) is 51.3 Å². The molecule has 1 heterocycles. The molecule has 0 radical (unpaired) electrons. The molecule has 1 aliphatic rings. The molecule has 21 heavy (non-hydrogen) atoms. The molecule has 1 fully saturated rings. The molecule has 1 saturated heterocycles. The van der Waals surface area contributed by atoms with Crippen molar-refractivity contribution in [2.45, 2.75) is 18.9 Å². The van der Waals surface area contributed by atoms with Gasteiger partial charge in [0.25, 0.3) is 5.91 Å². The second kappa shape index (κ2) is 6.67. The Morgan fingerprint density at radius 1 is 1.19 bits per heavy atom. The number of amides is 1. The lowest BCUT2D eigenvalue weighted by Crippen LogP contribution is -2.40. The number of carbonyl (C=O) groups is 1. The summed E-state index contributed by atoms with van der Waals surface area (Å²) in [6.45, 7) is 1.19. The highest BCUT2D eigenvalue weighted by molar-refractivity contribution is 5.98. The molecule has 1 aromatic carbocycles. The SMILES string of the molecule is COc1cc(OC)c(C(=O)N2CCCC2CN)cc1OC. The van der Waals surface area contributed by atoms with Gasteiger partial charge in [0.15, 0.2) is 11.5 Å². The van der Waals surface area contributed by atoms with Crippen molar-refractivity contribution in [3.05, 3.63) is 17.7 Å². The fraction of sp³-hybridized carbons (Fsp3) is 0.533. The van der Waals surface area contributed by atoms with Gasteiger partial charge in [0.2, 0.25) is 0 Å². The average molecular weight is 294 g/mol. The summed E-state index contributed by atoms with van der Waals surface area (Å²) in [7, 11) is 4.61. The molecular weight excluding hydrogens is 272 g/mol. The van der Waals surface area contributed by atoms with E-state index in [4.69, 9.17) is 19.9 Å². The number of nitrogens with two attached hydrogens (primary N) is 1. The Morgan fingerprint density at radius 2 is 1.81 bits per heavy atom. The molecule has 1 amide bonds. The van der Waals surface area contributed by atoms with Gasteiger partial charge in [0.05, 0.1) is 26.9 Å². The molecule has 0 aromatic heterocycles. The van der Waals surface area contributed by atoms with E-state index in [1.54, 1.807) is 19.2 Å². The van der Waals surface area contributed by atoms with E-state index in [2.05, 4.69) is 0 Å². The summed E-state index contributed by atoms with van der Waals surface area (Å²) in [5, 5.41) is 0. The Kier molecular flexibility index (Phi) is 4.90. The van der Waals surface area contributed by atoms with Crippen molar-refractivity contribution in [3.63, 3.8) is 0 Å². The normalized spacial score (nSPS) is 17.7. The third-order valence-corrected chi connectivity index (χ3v) is 3.85.